The van der Waals surface area contributed by atoms with Crippen molar-refractivity contribution in [3.63, 3.8) is 0 Å². The van der Waals surface area contributed by atoms with Gasteiger partial charge in [-0.15, -0.1) is 4.91 Å². The zero-order valence-corrected chi connectivity index (χ0v) is 10.5. The van der Waals surface area contributed by atoms with Crippen molar-refractivity contribution < 1.29 is 14.7 Å². The molecule has 0 spiro atoms. The summed E-state index contributed by atoms with van der Waals surface area (Å²) < 4.78 is 0. The molecule has 0 rings (SSSR count). The Morgan fingerprint density at radius 3 is 2.29 bits per heavy atom. The van der Waals surface area contributed by atoms with Gasteiger partial charge in [-0.1, -0.05) is 19.0 Å². The van der Waals surface area contributed by atoms with Gasteiger partial charge in [0, 0.05) is 13.0 Å². The number of aliphatic carboxylic acids is 1. The maximum absolute atomic E-state index is 11.3. The number of hydrogen-bond acceptors (Lipinski definition) is 4. The van der Waals surface area contributed by atoms with Crippen molar-refractivity contribution in [3.05, 3.63) is 4.91 Å². The number of nitrogens with one attached hydrogen (secondary N) is 1. The van der Waals surface area contributed by atoms with E-state index in [9.17, 15) is 14.5 Å². The van der Waals surface area contributed by atoms with Crippen molar-refractivity contribution in [2.75, 3.05) is 6.54 Å². The molecule has 0 heterocycles. The first-order chi connectivity index (χ1) is 7.86. The van der Waals surface area contributed by atoms with Crippen molar-refractivity contribution in [2.24, 2.45) is 17.0 Å². The average molecular weight is 244 g/mol. The molecule has 0 aromatic heterocycles. The summed E-state index contributed by atoms with van der Waals surface area (Å²) in [5.74, 6) is -1.10. The lowest BCUT2D eigenvalue weighted by Gasteiger charge is -2.18. The van der Waals surface area contributed by atoms with Crippen molar-refractivity contribution in [3.8, 4) is 0 Å². The van der Waals surface area contributed by atoms with E-state index < -0.39 is 17.9 Å². The molecule has 1 unspecified atom stereocenters. The van der Waals surface area contributed by atoms with Gasteiger partial charge in [0.25, 0.3) is 0 Å². The summed E-state index contributed by atoms with van der Waals surface area (Å²) in [4.78, 5) is 32.1. The Kier molecular flexibility index (Phi) is 7.09. The van der Waals surface area contributed by atoms with Crippen LogP contribution in [-0.2, 0) is 9.59 Å². The molecular formula is C11H20N2O4. The highest BCUT2D eigenvalue weighted by Gasteiger charge is 2.18. The van der Waals surface area contributed by atoms with Gasteiger partial charge in [0.1, 0.15) is 0 Å². The quantitative estimate of drug-likeness (QED) is 0.631. The Hall–Kier alpha value is -1.46. The van der Waals surface area contributed by atoms with Crippen LogP contribution in [0.5, 0.6) is 0 Å². The number of rotatable bonds is 8. The lowest BCUT2D eigenvalue weighted by atomic mass is 9.94. The van der Waals surface area contributed by atoms with Gasteiger partial charge in [-0.3, -0.25) is 9.59 Å². The Balaban J connectivity index is 4.19. The molecular weight excluding hydrogens is 224 g/mol. The minimum Gasteiger partial charge on any atom is -0.481 e. The summed E-state index contributed by atoms with van der Waals surface area (Å²) in [7, 11) is 0. The molecule has 0 aromatic carbocycles. The number of carboxylic acid groups (broad SMARTS) is 1. The molecule has 17 heavy (non-hydrogen) atoms. The number of amides is 1. The average Bonchev–Trinajstić information content (AvgIpc) is 2.22. The molecule has 6 heteroatoms. The van der Waals surface area contributed by atoms with E-state index in [1.54, 1.807) is 0 Å². The van der Waals surface area contributed by atoms with Crippen LogP contribution in [-0.4, -0.2) is 29.6 Å². The maximum atomic E-state index is 11.3. The van der Waals surface area contributed by atoms with Gasteiger partial charge < -0.3 is 10.4 Å². The van der Waals surface area contributed by atoms with Crippen LogP contribution in [0.15, 0.2) is 5.18 Å². The van der Waals surface area contributed by atoms with E-state index in [0.29, 0.717) is 5.92 Å². The molecule has 2 atom stereocenters. The Labute approximate surface area is 101 Å². The van der Waals surface area contributed by atoms with Gasteiger partial charge in [0.2, 0.25) is 5.91 Å². The molecule has 0 bridgehead atoms. The molecule has 0 aliphatic heterocycles. The second-order valence-electron chi connectivity index (χ2n) is 4.62. The second kappa shape index (κ2) is 7.76. The van der Waals surface area contributed by atoms with E-state index in [4.69, 9.17) is 5.11 Å². The highest BCUT2D eigenvalue weighted by molar-refractivity contribution is 5.81. The SMILES string of the molecule is CC(C)C[C@H](CNC(=O)C(C)N=O)CC(=O)O. The Bertz CT molecular complexity index is 279. The van der Waals surface area contributed by atoms with E-state index in [1.807, 2.05) is 13.8 Å². The van der Waals surface area contributed by atoms with Crippen LogP contribution in [0, 0.1) is 16.7 Å². The van der Waals surface area contributed by atoms with Gasteiger partial charge in [-0.25, -0.2) is 0 Å². The predicted octanol–water partition coefficient (Wildman–Crippen LogP) is 1.39. The topological polar surface area (TPSA) is 95.8 Å². The Morgan fingerprint density at radius 1 is 1.29 bits per heavy atom. The number of nitrogens with zero attached hydrogens (tertiary/aromatic N) is 1. The minimum absolute atomic E-state index is 0.0152. The lowest BCUT2D eigenvalue weighted by molar-refractivity contribution is -0.138. The lowest BCUT2D eigenvalue weighted by Crippen LogP contribution is -2.36. The molecule has 6 nitrogen and oxygen atoms in total. The summed E-state index contributed by atoms with van der Waals surface area (Å²) >= 11 is 0. The summed E-state index contributed by atoms with van der Waals surface area (Å²) in [6.07, 6.45) is 0.733. The maximum Gasteiger partial charge on any atom is 0.303 e. The van der Waals surface area contributed by atoms with Gasteiger partial charge in [0.15, 0.2) is 6.04 Å². The van der Waals surface area contributed by atoms with Gasteiger partial charge in [-0.05, 0) is 25.2 Å². The fourth-order valence-electron chi connectivity index (χ4n) is 1.59. The molecule has 0 fully saturated rings. The van der Waals surface area contributed by atoms with Gasteiger partial charge in [0.05, 0.1) is 0 Å². The number of carbonyl (C=O) groups excluding carboxylic acids is 1. The molecule has 0 radical (unpaired) electrons. The zero-order valence-electron chi connectivity index (χ0n) is 10.5. The third-order valence-corrected chi connectivity index (χ3v) is 2.37. The predicted molar refractivity (Wildman–Crippen MR) is 63.5 cm³/mol. The van der Waals surface area contributed by atoms with Crippen LogP contribution in [0.1, 0.15) is 33.6 Å². The molecule has 2 N–H and O–H groups in total. The van der Waals surface area contributed by atoms with Crippen molar-refractivity contribution in [1.29, 1.82) is 0 Å². The fourth-order valence-corrected chi connectivity index (χ4v) is 1.59. The van der Waals surface area contributed by atoms with Gasteiger partial charge in [-0.2, -0.15) is 0 Å². The van der Waals surface area contributed by atoms with Crippen LogP contribution in [0.25, 0.3) is 0 Å². The summed E-state index contributed by atoms with van der Waals surface area (Å²) in [6, 6.07) is -0.931. The minimum atomic E-state index is -0.931. The molecule has 0 saturated carbocycles. The highest BCUT2D eigenvalue weighted by atomic mass is 16.4. The first-order valence-corrected chi connectivity index (χ1v) is 5.68. The number of carbonyl (C=O) groups is 2. The molecule has 98 valence electrons. The largest absolute Gasteiger partial charge is 0.481 e. The van der Waals surface area contributed by atoms with Gasteiger partial charge >= 0.3 is 5.97 Å². The third-order valence-electron chi connectivity index (χ3n) is 2.37. The van der Waals surface area contributed by atoms with Crippen LogP contribution in [0.3, 0.4) is 0 Å². The number of nitroso groups, excluding NO2 is 1. The molecule has 0 saturated heterocycles. The summed E-state index contributed by atoms with van der Waals surface area (Å²) in [6.45, 7) is 5.65. The van der Waals surface area contributed by atoms with Crippen molar-refractivity contribution >= 4 is 11.9 Å². The van der Waals surface area contributed by atoms with E-state index in [0.717, 1.165) is 6.42 Å². The third kappa shape index (κ3) is 7.43. The van der Waals surface area contributed by atoms with E-state index in [-0.39, 0.29) is 18.9 Å². The first kappa shape index (κ1) is 15.5. The molecule has 1 amide bonds. The molecule has 0 aliphatic rings. The molecule has 0 aliphatic carbocycles. The van der Waals surface area contributed by atoms with Crippen LogP contribution < -0.4 is 5.32 Å². The molecule has 0 aromatic rings. The summed E-state index contributed by atoms with van der Waals surface area (Å²) in [5.41, 5.74) is 0. The van der Waals surface area contributed by atoms with Crippen LogP contribution in [0.2, 0.25) is 0 Å². The highest BCUT2D eigenvalue weighted by Crippen LogP contribution is 2.14. The van der Waals surface area contributed by atoms with Crippen LogP contribution >= 0.6 is 0 Å². The van der Waals surface area contributed by atoms with Crippen LogP contribution in [0.4, 0.5) is 0 Å². The summed E-state index contributed by atoms with van der Waals surface area (Å²) in [5, 5.41) is 13.9. The number of carboxylic acids is 1. The van der Waals surface area contributed by atoms with E-state index in [1.165, 1.54) is 6.92 Å². The fraction of sp³-hybridized carbons (Fsp3) is 0.818. The normalized spacial score (nSPS) is 14.1. The standard InChI is InChI=1S/C11H20N2O4/c1-7(2)4-9(5-10(14)15)6-12-11(16)8(3)13-17/h7-9H,4-6H2,1-3H3,(H,12,16)(H,14,15)/t8?,9-/m0/s1. The first-order valence-electron chi connectivity index (χ1n) is 5.68. The zero-order chi connectivity index (χ0) is 13.4. The van der Waals surface area contributed by atoms with E-state index in [2.05, 4.69) is 10.5 Å². The van der Waals surface area contributed by atoms with Crippen molar-refractivity contribution in [2.45, 2.75) is 39.7 Å². The van der Waals surface area contributed by atoms with Crippen molar-refractivity contribution in [1.82, 2.24) is 5.32 Å². The second-order valence-corrected chi connectivity index (χ2v) is 4.62. The monoisotopic (exact) mass is 244 g/mol. The smallest absolute Gasteiger partial charge is 0.303 e. The van der Waals surface area contributed by atoms with E-state index >= 15 is 0 Å². The number of hydrogen-bond donors (Lipinski definition) is 2. The Morgan fingerprint density at radius 2 is 1.88 bits per heavy atom.